The minimum absolute atomic E-state index is 0.140. The van der Waals surface area contributed by atoms with Crippen LogP contribution in [0, 0.1) is 0 Å². The van der Waals surface area contributed by atoms with E-state index in [1.165, 1.54) is 49.7 Å². The standard InChI is InChI=1S/C15H17IO2.C8H12.C7H8O.C2H6/c1-16(17-12-14-8-4-2-5-9-14)18-13-15-10-6-3-7-11-15;1-3-7-5-2-6-8(7)4-1;8-6-7-4-2-1-3-5-7;1-2/h2-11H,12-13H2,1H3;1-6H2;1-5,8H,6H2;1-2H3. The van der Waals surface area contributed by atoms with Crippen LogP contribution in [0.3, 0.4) is 0 Å². The summed E-state index contributed by atoms with van der Waals surface area (Å²) in [5.74, 6) is 0. The number of benzene rings is 3. The van der Waals surface area contributed by atoms with Crippen LogP contribution in [0.4, 0.5) is 0 Å². The normalized spacial score (nSPS) is 13.8. The Kier molecular flexibility index (Phi) is 16.1. The molecule has 0 saturated heterocycles. The van der Waals surface area contributed by atoms with Crippen molar-refractivity contribution in [1.82, 2.24) is 0 Å². The van der Waals surface area contributed by atoms with E-state index in [0.717, 1.165) is 5.56 Å². The number of rotatable bonds is 7. The number of hydrogen-bond acceptors (Lipinski definition) is 3. The molecule has 0 fully saturated rings. The fraction of sp³-hybridized carbons (Fsp3) is 0.375. The van der Waals surface area contributed by atoms with Crippen molar-refractivity contribution in [1.29, 1.82) is 0 Å². The van der Waals surface area contributed by atoms with Crippen LogP contribution in [0.2, 0.25) is 0 Å². The molecule has 2 aliphatic carbocycles. The van der Waals surface area contributed by atoms with Crippen molar-refractivity contribution in [2.24, 2.45) is 0 Å². The Bertz CT molecular complexity index is 887. The van der Waals surface area contributed by atoms with Crippen LogP contribution in [-0.2, 0) is 26.0 Å². The van der Waals surface area contributed by atoms with Crippen molar-refractivity contribution < 1.29 is 11.2 Å². The summed E-state index contributed by atoms with van der Waals surface area (Å²) in [4.78, 5) is 2.08. The zero-order chi connectivity index (χ0) is 25.8. The third kappa shape index (κ3) is 12.3. The Balaban J connectivity index is 0.000000209. The minimum atomic E-state index is -1.71. The molecule has 3 aromatic carbocycles. The van der Waals surface area contributed by atoms with Crippen LogP contribution in [0.5, 0.6) is 0 Å². The maximum absolute atomic E-state index is 8.54. The van der Waals surface area contributed by atoms with Crippen molar-refractivity contribution in [2.45, 2.75) is 72.2 Å². The maximum Gasteiger partial charge on any atom is 0.0681 e. The molecule has 0 unspecified atom stereocenters. The fourth-order valence-electron chi connectivity index (χ4n) is 4.03. The number of alkyl halides is 1. The molecule has 3 nitrogen and oxygen atoms in total. The molecule has 0 aliphatic heterocycles. The molecule has 2 aliphatic rings. The third-order valence-corrected chi connectivity index (χ3v) is 8.25. The fourth-order valence-corrected chi connectivity index (χ4v) is 5.81. The second kappa shape index (κ2) is 19.2. The van der Waals surface area contributed by atoms with Gasteiger partial charge in [-0.2, -0.15) is 0 Å². The molecular formula is C32H43IO3. The van der Waals surface area contributed by atoms with Crippen molar-refractivity contribution in [3.05, 3.63) is 119 Å². The molecule has 0 amide bonds. The molecule has 1 N–H and O–H groups in total. The van der Waals surface area contributed by atoms with Gasteiger partial charge in [-0.1, -0.05) is 55.3 Å². The summed E-state index contributed by atoms with van der Waals surface area (Å²) in [5.41, 5.74) is 7.01. The summed E-state index contributed by atoms with van der Waals surface area (Å²) in [6.07, 6.45) is 8.69. The summed E-state index contributed by atoms with van der Waals surface area (Å²) in [6.45, 7) is 5.44. The van der Waals surface area contributed by atoms with E-state index in [9.17, 15) is 0 Å². The van der Waals surface area contributed by atoms with Gasteiger partial charge in [0.2, 0.25) is 0 Å². The molecule has 0 radical (unpaired) electrons. The number of aliphatic hydroxyl groups excluding tert-OH is 1. The first-order valence-corrected chi connectivity index (χ1v) is 17.0. The SMILES string of the molecule is C1CC2=C(C1)CCC2.CC.CI(OCc1ccccc1)OCc1ccccc1.OCc1ccccc1. The second-order valence-corrected chi connectivity index (χ2v) is 11.8. The van der Waals surface area contributed by atoms with Gasteiger partial charge in [-0.15, -0.1) is 0 Å². The largest absolute Gasteiger partial charge is 0.392 e. The predicted octanol–water partition coefficient (Wildman–Crippen LogP) is 9.24. The first-order valence-electron chi connectivity index (χ1n) is 13.0. The van der Waals surface area contributed by atoms with Crippen LogP contribution < -0.4 is 0 Å². The minimum Gasteiger partial charge on any atom is -0.392 e. The van der Waals surface area contributed by atoms with E-state index in [2.05, 4.69) is 29.2 Å². The average Bonchev–Trinajstić information content (AvgIpc) is 3.60. The molecule has 5 rings (SSSR count). The van der Waals surface area contributed by atoms with Gasteiger partial charge in [-0.3, -0.25) is 0 Å². The number of allylic oxidation sites excluding steroid dienone is 2. The summed E-state index contributed by atoms with van der Waals surface area (Å²) in [5, 5.41) is 8.54. The Morgan fingerprint density at radius 3 is 1.22 bits per heavy atom. The number of halogens is 1. The molecular weight excluding hydrogens is 559 g/mol. The van der Waals surface area contributed by atoms with E-state index >= 15 is 0 Å². The van der Waals surface area contributed by atoms with Crippen molar-refractivity contribution >= 4 is 20.6 Å². The van der Waals surface area contributed by atoms with E-state index in [0.29, 0.717) is 13.2 Å². The van der Waals surface area contributed by atoms with E-state index in [1.807, 2.05) is 91.7 Å². The van der Waals surface area contributed by atoms with Gasteiger partial charge in [0.1, 0.15) is 0 Å². The molecule has 0 spiro atoms. The van der Waals surface area contributed by atoms with Gasteiger partial charge < -0.3 is 5.11 Å². The van der Waals surface area contributed by atoms with Crippen LogP contribution in [0.1, 0.15) is 69.1 Å². The van der Waals surface area contributed by atoms with Crippen LogP contribution in [0.15, 0.2) is 102 Å². The quantitative estimate of drug-likeness (QED) is 0.167. The zero-order valence-electron chi connectivity index (χ0n) is 22.2. The van der Waals surface area contributed by atoms with Gasteiger partial charge in [0.25, 0.3) is 0 Å². The van der Waals surface area contributed by atoms with Gasteiger partial charge in [-0.05, 0) is 44.1 Å². The van der Waals surface area contributed by atoms with E-state index in [-0.39, 0.29) is 6.61 Å². The zero-order valence-corrected chi connectivity index (χ0v) is 24.3. The van der Waals surface area contributed by atoms with Gasteiger partial charge in [-0.25, -0.2) is 0 Å². The summed E-state index contributed by atoms with van der Waals surface area (Å²) in [7, 11) is 0. The van der Waals surface area contributed by atoms with Gasteiger partial charge >= 0.3 is 117 Å². The van der Waals surface area contributed by atoms with Gasteiger partial charge in [0.15, 0.2) is 0 Å². The Hall–Kier alpha value is -1.99. The van der Waals surface area contributed by atoms with E-state index < -0.39 is 20.6 Å². The summed E-state index contributed by atoms with van der Waals surface area (Å²) in [6, 6.07) is 29.9. The predicted molar refractivity (Wildman–Crippen MR) is 161 cm³/mol. The molecule has 36 heavy (non-hydrogen) atoms. The molecule has 0 bridgehead atoms. The Morgan fingerprint density at radius 1 is 0.583 bits per heavy atom. The molecule has 0 atom stereocenters. The van der Waals surface area contributed by atoms with E-state index in [4.69, 9.17) is 11.2 Å². The van der Waals surface area contributed by atoms with Crippen molar-refractivity contribution in [3.63, 3.8) is 0 Å². The van der Waals surface area contributed by atoms with Gasteiger partial charge in [0, 0.05) is 0 Å². The topological polar surface area (TPSA) is 38.7 Å². The monoisotopic (exact) mass is 602 g/mol. The average molecular weight is 603 g/mol. The Labute approximate surface area is 227 Å². The van der Waals surface area contributed by atoms with Crippen molar-refractivity contribution in [3.8, 4) is 0 Å². The van der Waals surface area contributed by atoms with Crippen LogP contribution in [0.25, 0.3) is 0 Å². The molecule has 4 heteroatoms. The molecule has 0 aromatic heterocycles. The van der Waals surface area contributed by atoms with E-state index in [1.54, 1.807) is 0 Å². The van der Waals surface area contributed by atoms with Crippen LogP contribution >= 0.6 is 20.6 Å². The number of hydrogen-bond donors (Lipinski definition) is 1. The second-order valence-electron chi connectivity index (χ2n) is 8.41. The number of aliphatic hydroxyl groups is 1. The first kappa shape index (κ1) is 30.2. The maximum atomic E-state index is 8.54. The Morgan fingerprint density at radius 2 is 0.917 bits per heavy atom. The van der Waals surface area contributed by atoms with Gasteiger partial charge in [0.05, 0.1) is 6.61 Å². The molecule has 3 aromatic rings. The summed E-state index contributed by atoms with van der Waals surface area (Å²) >= 11 is -1.71. The van der Waals surface area contributed by atoms with Crippen LogP contribution in [-0.4, -0.2) is 10.0 Å². The smallest absolute Gasteiger partial charge is 0.0681 e. The van der Waals surface area contributed by atoms with Crippen molar-refractivity contribution in [2.75, 3.05) is 4.93 Å². The molecule has 196 valence electrons. The molecule has 0 saturated carbocycles. The first-order chi connectivity index (χ1) is 17.7. The third-order valence-electron chi connectivity index (χ3n) is 5.88. The molecule has 0 heterocycles. The summed E-state index contributed by atoms with van der Waals surface area (Å²) < 4.78 is 11.6.